The largest absolute Gasteiger partial charge is 0.478 e. The van der Waals surface area contributed by atoms with Crippen LogP contribution in [0.2, 0.25) is 0 Å². The van der Waals surface area contributed by atoms with Crippen LogP contribution in [0.1, 0.15) is 22.3 Å². The minimum atomic E-state index is -4.57. The van der Waals surface area contributed by atoms with E-state index in [1.165, 1.54) is 0 Å². The molecule has 0 aliphatic rings. The zero-order valence-electron chi connectivity index (χ0n) is 9.21. The molecule has 0 heterocycles. The number of hydrogen-bond acceptors (Lipinski definition) is 2. The van der Waals surface area contributed by atoms with Gasteiger partial charge in [-0.15, -0.1) is 12.3 Å². The summed E-state index contributed by atoms with van der Waals surface area (Å²) in [5.74, 6) is 0.906. The molecule has 0 atom stereocenters. The van der Waals surface area contributed by atoms with Crippen molar-refractivity contribution in [2.45, 2.75) is 12.6 Å². The molecular formula is C12H10F3NO2. The zero-order chi connectivity index (χ0) is 13.8. The van der Waals surface area contributed by atoms with Crippen LogP contribution in [-0.4, -0.2) is 17.6 Å². The van der Waals surface area contributed by atoms with Crippen molar-refractivity contribution in [1.29, 1.82) is 0 Å². The molecule has 0 aromatic heterocycles. The molecule has 0 bridgehead atoms. The van der Waals surface area contributed by atoms with E-state index < -0.39 is 23.3 Å². The van der Waals surface area contributed by atoms with Crippen molar-refractivity contribution >= 4 is 11.7 Å². The van der Waals surface area contributed by atoms with Gasteiger partial charge in [0, 0.05) is 18.7 Å². The molecular weight excluding hydrogens is 247 g/mol. The van der Waals surface area contributed by atoms with Crippen LogP contribution in [0.15, 0.2) is 18.2 Å². The summed E-state index contributed by atoms with van der Waals surface area (Å²) in [5, 5.41) is 11.5. The summed E-state index contributed by atoms with van der Waals surface area (Å²) in [6.45, 7) is 0.294. The lowest BCUT2D eigenvalue weighted by Crippen LogP contribution is -2.11. The highest BCUT2D eigenvalue weighted by Crippen LogP contribution is 2.31. The lowest BCUT2D eigenvalue weighted by molar-refractivity contribution is -0.137. The minimum absolute atomic E-state index is 0.116. The molecule has 0 amide bonds. The number of benzene rings is 1. The molecule has 18 heavy (non-hydrogen) atoms. The highest BCUT2D eigenvalue weighted by Gasteiger charge is 2.31. The predicted molar refractivity (Wildman–Crippen MR) is 60.3 cm³/mol. The smallest absolute Gasteiger partial charge is 0.416 e. The van der Waals surface area contributed by atoms with Crippen LogP contribution in [0.25, 0.3) is 0 Å². The van der Waals surface area contributed by atoms with E-state index in [-0.39, 0.29) is 5.69 Å². The molecule has 1 rings (SSSR count). The number of carboxylic acid groups (broad SMARTS) is 1. The van der Waals surface area contributed by atoms with Crippen molar-refractivity contribution in [3.63, 3.8) is 0 Å². The molecule has 1 aromatic rings. The minimum Gasteiger partial charge on any atom is -0.478 e. The van der Waals surface area contributed by atoms with Crippen molar-refractivity contribution in [3.05, 3.63) is 29.3 Å². The number of halogens is 3. The summed E-state index contributed by atoms with van der Waals surface area (Å²) in [6.07, 6.45) is 0.796. The quantitative estimate of drug-likeness (QED) is 0.644. The molecule has 3 nitrogen and oxygen atoms in total. The van der Waals surface area contributed by atoms with Gasteiger partial charge in [-0.3, -0.25) is 0 Å². The number of carbonyl (C=O) groups is 1. The number of carboxylic acids is 1. The van der Waals surface area contributed by atoms with Gasteiger partial charge >= 0.3 is 12.1 Å². The van der Waals surface area contributed by atoms with Gasteiger partial charge in [0.15, 0.2) is 0 Å². The van der Waals surface area contributed by atoms with Crippen molar-refractivity contribution in [2.75, 3.05) is 11.9 Å². The highest BCUT2D eigenvalue weighted by molar-refractivity contribution is 5.94. The fourth-order valence-corrected chi connectivity index (χ4v) is 1.32. The topological polar surface area (TPSA) is 49.3 Å². The first-order valence-corrected chi connectivity index (χ1v) is 4.98. The normalized spacial score (nSPS) is 10.8. The second kappa shape index (κ2) is 5.45. The highest BCUT2D eigenvalue weighted by atomic mass is 19.4. The summed E-state index contributed by atoms with van der Waals surface area (Å²) in [7, 11) is 0. The molecule has 0 aliphatic heterocycles. The van der Waals surface area contributed by atoms with E-state index in [1.54, 1.807) is 0 Å². The molecule has 0 radical (unpaired) electrons. The summed E-state index contributed by atoms with van der Waals surface area (Å²) in [4.78, 5) is 10.9. The Labute approximate surface area is 102 Å². The van der Waals surface area contributed by atoms with Gasteiger partial charge < -0.3 is 10.4 Å². The van der Waals surface area contributed by atoms with Gasteiger partial charge in [0.2, 0.25) is 0 Å². The maximum absolute atomic E-state index is 12.4. The zero-order valence-corrected chi connectivity index (χ0v) is 9.21. The Balaban J connectivity index is 3.06. The van der Waals surface area contributed by atoms with E-state index >= 15 is 0 Å². The number of terminal acetylenes is 1. The summed E-state index contributed by atoms with van der Waals surface area (Å²) in [6, 6.07) is 2.51. The first-order chi connectivity index (χ1) is 8.36. The number of alkyl halides is 3. The van der Waals surface area contributed by atoms with E-state index in [1.807, 2.05) is 0 Å². The van der Waals surface area contributed by atoms with Crippen molar-refractivity contribution in [2.24, 2.45) is 0 Å². The van der Waals surface area contributed by atoms with E-state index in [2.05, 4.69) is 11.2 Å². The van der Waals surface area contributed by atoms with Crippen molar-refractivity contribution < 1.29 is 23.1 Å². The Bertz CT molecular complexity index is 489. The summed E-state index contributed by atoms with van der Waals surface area (Å²) in [5.41, 5.74) is -1.31. The molecule has 96 valence electrons. The summed E-state index contributed by atoms with van der Waals surface area (Å²) < 4.78 is 37.3. The molecule has 1 aromatic carbocycles. The van der Waals surface area contributed by atoms with E-state index in [4.69, 9.17) is 11.5 Å². The predicted octanol–water partition coefficient (Wildman–Crippen LogP) is 2.84. The lowest BCUT2D eigenvalue weighted by atomic mass is 10.1. The maximum atomic E-state index is 12.4. The Kier molecular flexibility index (Phi) is 4.21. The third-order valence-corrected chi connectivity index (χ3v) is 2.16. The van der Waals surface area contributed by atoms with Gasteiger partial charge in [-0.1, -0.05) is 0 Å². The first-order valence-electron chi connectivity index (χ1n) is 4.98. The van der Waals surface area contributed by atoms with Crippen LogP contribution in [0, 0.1) is 12.3 Å². The molecule has 0 spiro atoms. The van der Waals surface area contributed by atoms with E-state index in [0.29, 0.717) is 19.0 Å². The fraction of sp³-hybridized carbons (Fsp3) is 0.250. The SMILES string of the molecule is C#CCCNc1ccc(C(F)(F)F)cc1C(=O)O. The number of hydrogen-bond donors (Lipinski definition) is 2. The van der Waals surface area contributed by atoms with Gasteiger partial charge in [-0.2, -0.15) is 13.2 Å². The Morgan fingerprint density at radius 3 is 2.61 bits per heavy atom. The number of rotatable bonds is 4. The second-order valence-electron chi connectivity index (χ2n) is 3.44. The van der Waals surface area contributed by atoms with Crippen LogP contribution < -0.4 is 5.32 Å². The van der Waals surface area contributed by atoms with Crippen LogP contribution in [0.4, 0.5) is 18.9 Å². The monoisotopic (exact) mass is 257 g/mol. The van der Waals surface area contributed by atoms with Gasteiger partial charge in [-0.25, -0.2) is 4.79 Å². The average Bonchev–Trinajstić information content (AvgIpc) is 2.28. The Hall–Kier alpha value is -2.16. The molecule has 0 fully saturated rings. The fourth-order valence-electron chi connectivity index (χ4n) is 1.32. The molecule has 0 saturated carbocycles. The average molecular weight is 257 g/mol. The lowest BCUT2D eigenvalue weighted by Gasteiger charge is -2.12. The molecule has 6 heteroatoms. The van der Waals surface area contributed by atoms with Gasteiger partial charge in [0.1, 0.15) is 0 Å². The van der Waals surface area contributed by atoms with E-state index in [0.717, 1.165) is 12.1 Å². The Morgan fingerprint density at radius 2 is 2.11 bits per heavy atom. The molecule has 2 N–H and O–H groups in total. The second-order valence-corrected chi connectivity index (χ2v) is 3.44. The van der Waals surface area contributed by atoms with Crippen LogP contribution in [0.3, 0.4) is 0 Å². The van der Waals surface area contributed by atoms with Crippen LogP contribution >= 0.6 is 0 Å². The third-order valence-electron chi connectivity index (χ3n) is 2.16. The van der Waals surface area contributed by atoms with Crippen molar-refractivity contribution in [1.82, 2.24) is 0 Å². The molecule has 0 aliphatic carbocycles. The third kappa shape index (κ3) is 3.42. The Morgan fingerprint density at radius 1 is 1.44 bits per heavy atom. The maximum Gasteiger partial charge on any atom is 0.416 e. The number of aromatic carboxylic acids is 1. The van der Waals surface area contributed by atoms with Crippen molar-refractivity contribution in [3.8, 4) is 12.3 Å². The number of anilines is 1. The summed E-state index contributed by atoms with van der Waals surface area (Å²) >= 11 is 0. The standard InChI is InChI=1S/C12H10F3NO2/c1-2-3-6-16-10-5-4-8(12(13,14)15)7-9(10)11(17)18/h1,4-5,7,16H,3,6H2,(H,17,18). The first kappa shape index (κ1) is 13.9. The van der Waals surface area contributed by atoms with Gasteiger partial charge in [0.05, 0.1) is 11.1 Å². The van der Waals surface area contributed by atoms with Crippen LogP contribution in [0.5, 0.6) is 0 Å². The van der Waals surface area contributed by atoms with Gasteiger partial charge in [-0.05, 0) is 18.2 Å². The van der Waals surface area contributed by atoms with E-state index in [9.17, 15) is 18.0 Å². The number of nitrogens with one attached hydrogen (secondary N) is 1. The molecule has 0 saturated heterocycles. The van der Waals surface area contributed by atoms with Crippen LogP contribution in [-0.2, 0) is 6.18 Å². The van der Waals surface area contributed by atoms with Gasteiger partial charge in [0.25, 0.3) is 0 Å². The molecule has 0 unspecified atom stereocenters.